The minimum atomic E-state index is -0.577. The third-order valence-corrected chi connectivity index (χ3v) is 4.19. The summed E-state index contributed by atoms with van der Waals surface area (Å²) in [4.78, 5) is 26.6. The molecule has 0 saturated carbocycles. The van der Waals surface area contributed by atoms with Crippen molar-refractivity contribution in [2.24, 2.45) is 0 Å². The summed E-state index contributed by atoms with van der Waals surface area (Å²) in [5.41, 5.74) is 0.935. The molecule has 0 saturated heterocycles. The number of halogens is 1. The number of benzene rings is 2. The largest absolute Gasteiger partial charge is 0.437 e. The number of imidazole rings is 1. The summed E-state index contributed by atoms with van der Waals surface area (Å²) in [7, 11) is 0. The second kappa shape index (κ2) is 7.51. The Kier molecular flexibility index (Phi) is 4.72. The summed E-state index contributed by atoms with van der Waals surface area (Å²) in [5.74, 6) is -0.573. The van der Waals surface area contributed by atoms with Crippen molar-refractivity contribution < 1.29 is 23.7 Å². The summed E-state index contributed by atoms with van der Waals surface area (Å²) in [5, 5.41) is 23.7. The SMILES string of the molecule is O=C(C=Cc1ccc(F)cc1)Nc1ccc(-c2nc3ccc([N+](=O)[O-])cc3n2O)o1. The van der Waals surface area contributed by atoms with Crippen LogP contribution in [0.25, 0.3) is 28.7 Å². The van der Waals surface area contributed by atoms with Crippen LogP contribution in [0, 0.1) is 15.9 Å². The molecule has 30 heavy (non-hydrogen) atoms. The van der Waals surface area contributed by atoms with E-state index in [1.165, 1.54) is 66.7 Å². The minimum absolute atomic E-state index is 0.0212. The summed E-state index contributed by atoms with van der Waals surface area (Å²) in [6.45, 7) is 0. The Balaban J connectivity index is 1.52. The maximum atomic E-state index is 12.9. The van der Waals surface area contributed by atoms with Crippen LogP contribution in [0.1, 0.15) is 5.56 Å². The Labute approximate surface area is 167 Å². The van der Waals surface area contributed by atoms with Crippen LogP contribution in [0.3, 0.4) is 0 Å². The quantitative estimate of drug-likeness (QED) is 0.220. The molecule has 0 aliphatic rings. The maximum Gasteiger partial charge on any atom is 0.271 e. The van der Waals surface area contributed by atoms with Crippen LogP contribution in [0.4, 0.5) is 16.0 Å². The molecule has 0 radical (unpaired) electrons. The lowest BCUT2D eigenvalue weighted by molar-refractivity contribution is -0.384. The predicted octanol–water partition coefficient (Wildman–Crippen LogP) is 4.23. The number of nitro benzene ring substituents is 1. The lowest BCUT2D eigenvalue weighted by atomic mass is 10.2. The summed E-state index contributed by atoms with van der Waals surface area (Å²) in [6.07, 6.45) is 2.77. The van der Waals surface area contributed by atoms with Crippen molar-refractivity contribution in [2.45, 2.75) is 0 Å². The minimum Gasteiger partial charge on any atom is -0.437 e. The zero-order valence-electron chi connectivity index (χ0n) is 15.2. The maximum absolute atomic E-state index is 12.9. The number of carbonyl (C=O) groups is 1. The zero-order chi connectivity index (χ0) is 21.3. The van der Waals surface area contributed by atoms with E-state index in [0.717, 1.165) is 0 Å². The van der Waals surface area contributed by atoms with E-state index in [9.17, 15) is 24.5 Å². The van der Waals surface area contributed by atoms with Crippen LogP contribution < -0.4 is 5.32 Å². The number of aromatic nitrogens is 2. The van der Waals surface area contributed by atoms with Crippen LogP contribution >= 0.6 is 0 Å². The van der Waals surface area contributed by atoms with Gasteiger partial charge in [0.05, 0.1) is 10.4 Å². The Morgan fingerprint density at radius 1 is 1.20 bits per heavy atom. The number of amides is 1. The van der Waals surface area contributed by atoms with Gasteiger partial charge in [-0.3, -0.25) is 20.2 Å². The molecule has 0 atom stereocenters. The summed E-state index contributed by atoms with van der Waals surface area (Å²) < 4.78 is 19.1. The monoisotopic (exact) mass is 408 g/mol. The summed E-state index contributed by atoms with van der Waals surface area (Å²) in [6, 6.07) is 12.5. The highest BCUT2D eigenvalue weighted by atomic mass is 19.1. The molecule has 9 nitrogen and oxygen atoms in total. The van der Waals surface area contributed by atoms with E-state index in [1.807, 2.05) is 0 Å². The van der Waals surface area contributed by atoms with E-state index in [-0.39, 0.29) is 34.5 Å². The molecule has 0 aliphatic heterocycles. The number of nitrogens with zero attached hydrogens (tertiary/aromatic N) is 3. The van der Waals surface area contributed by atoms with E-state index < -0.39 is 10.8 Å². The van der Waals surface area contributed by atoms with Gasteiger partial charge in [-0.2, -0.15) is 4.73 Å². The molecule has 2 aromatic heterocycles. The van der Waals surface area contributed by atoms with Gasteiger partial charge in [-0.15, -0.1) is 0 Å². The molecular formula is C20H13FN4O5. The Bertz CT molecular complexity index is 1290. The van der Waals surface area contributed by atoms with Crippen molar-refractivity contribution in [2.75, 3.05) is 5.32 Å². The van der Waals surface area contributed by atoms with Gasteiger partial charge in [0.1, 0.15) is 11.3 Å². The first-order chi connectivity index (χ1) is 14.4. The summed E-state index contributed by atoms with van der Waals surface area (Å²) >= 11 is 0. The fraction of sp³-hybridized carbons (Fsp3) is 0. The normalized spacial score (nSPS) is 11.2. The van der Waals surface area contributed by atoms with E-state index in [0.29, 0.717) is 15.8 Å². The predicted molar refractivity (Wildman–Crippen MR) is 105 cm³/mol. The first-order valence-electron chi connectivity index (χ1n) is 8.62. The molecule has 2 aromatic carbocycles. The topological polar surface area (TPSA) is 123 Å². The molecule has 2 N–H and O–H groups in total. The van der Waals surface area contributed by atoms with Crippen molar-refractivity contribution in [3.8, 4) is 11.6 Å². The standard InChI is InChI=1S/C20H13FN4O5/c21-13-4-1-12(2-5-13)3-9-18(26)23-19-10-8-17(30-19)20-22-15-7-6-14(25(28)29)11-16(15)24(20)27/h1-11,27H,(H,23,26). The smallest absolute Gasteiger partial charge is 0.271 e. The average molecular weight is 408 g/mol. The number of hydrogen-bond acceptors (Lipinski definition) is 6. The number of rotatable bonds is 5. The van der Waals surface area contributed by atoms with Crippen LogP contribution in [0.15, 0.2) is 65.1 Å². The molecule has 150 valence electrons. The lowest BCUT2D eigenvalue weighted by Crippen LogP contribution is -2.06. The van der Waals surface area contributed by atoms with E-state index in [1.54, 1.807) is 0 Å². The first-order valence-corrected chi connectivity index (χ1v) is 8.62. The molecule has 0 unspecified atom stereocenters. The number of hydrogen-bond donors (Lipinski definition) is 2. The van der Waals surface area contributed by atoms with Crippen LogP contribution in [0.5, 0.6) is 0 Å². The van der Waals surface area contributed by atoms with Gasteiger partial charge in [0.2, 0.25) is 11.7 Å². The fourth-order valence-electron chi connectivity index (χ4n) is 2.76. The molecule has 4 rings (SSSR count). The second-order valence-corrected chi connectivity index (χ2v) is 6.22. The molecule has 2 heterocycles. The van der Waals surface area contributed by atoms with Crippen molar-refractivity contribution >= 4 is 34.6 Å². The van der Waals surface area contributed by atoms with E-state index in [2.05, 4.69) is 10.3 Å². The highest BCUT2D eigenvalue weighted by Gasteiger charge is 2.18. The molecule has 0 bridgehead atoms. The van der Waals surface area contributed by atoms with Crippen molar-refractivity contribution in [1.82, 2.24) is 9.71 Å². The van der Waals surface area contributed by atoms with Crippen LogP contribution in [-0.2, 0) is 4.79 Å². The Morgan fingerprint density at radius 3 is 2.70 bits per heavy atom. The lowest BCUT2D eigenvalue weighted by Gasteiger charge is -1.99. The van der Waals surface area contributed by atoms with Gasteiger partial charge in [-0.05, 0) is 35.9 Å². The molecule has 1 amide bonds. The van der Waals surface area contributed by atoms with Crippen molar-refractivity contribution in [1.29, 1.82) is 0 Å². The van der Waals surface area contributed by atoms with E-state index >= 15 is 0 Å². The molecule has 0 aliphatic carbocycles. The molecule has 0 spiro atoms. The van der Waals surface area contributed by atoms with Gasteiger partial charge < -0.3 is 9.62 Å². The van der Waals surface area contributed by atoms with Gasteiger partial charge in [-0.25, -0.2) is 9.37 Å². The van der Waals surface area contributed by atoms with Gasteiger partial charge in [-0.1, -0.05) is 12.1 Å². The number of furan rings is 1. The van der Waals surface area contributed by atoms with Crippen LogP contribution in [0.2, 0.25) is 0 Å². The van der Waals surface area contributed by atoms with Crippen molar-refractivity contribution in [3.63, 3.8) is 0 Å². The fourth-order valence-corrected chi connectivity index (χ4v) is 2.76. The zero-order valence-corrected chi connectivity index (χ0v) is 15.2. The molecular weight excluding hydrogens is 395 g/mol. The number of non-ortho nitro benzene ring substituents is 1. The van der Waals surface area contributed by atoms with Crippen LogP contribution in [-0.4, -0.2) is 25.8 Å². The van der Waals surface area contributed by atoms with Gasteiger partial charge in [0, 0.05) is 24.3 Å². The third-order valence-electron chi connectivity index (χ3n) is 4.19. The molecule has 10 heteroatoms. The number of nitro groups is 1. The third kappa shape index (κ3) is 3.74. The molecule has 0 fully saturated rings. The first kappa shape index (κ1) is 18.9. The van der Waals surface area contributed by atoms with Gasteiger partial charge >= 0.3 is 0 Å². The second-order valence-electron chi connectivity index (χ2n) is 6.22. The number of fused-ring (bicyclic) bond motifs is 1. The van der Waals surface area contributed by atoms with Gasteiger partial charge in [0.15, 0.2) is 5.76 Å². The number of nitrogens with one attached hydrogen (secondary N) is 1. The van der Waals surface area contributed by atoms with Crippen molar-refractivity contribution in [3.05, 3.63) is 82.2 Å². The number of anilines is 1. The highest BCUT2D eigenvalue weighted by molar-refractivity contribution is 6.01. The Morgan fingerprint density at radius 2 is 1.97 bits per heavy atom. The number of carbonyl (C=O) groups excluding carboxylic acids is 1. The highest BCUT2D eigenvalue weighted by Crippen LogP contribution is 2.28. The average Bonchev–Trinajstić information content (AvgIpc) is 3.31. The van der Waals surface area contributed by atoms with E-state index in [4.69, 9.17) is 4.42 Å². The Hall–Kier alpha value is -4.47. The van der Waals surface area contributed by atoms with Gasteiger partial charge in [0.25, 0.3) is 11.6 Å². The molecule has 4 aromatic rings.